The zero-order chi connectivity index (χ0) is 40.6. The summed E-state index contributed by atoms with van der Waals surface area (Å²) >= 11 is 0. The number of hydrogen-bond donors (Lipinski definition) is 1. The van der Waals surface area contributed by atoms with Crippen molar-refractivity contribution >= 4 is 23.0 Å². The first-order valence-corrected chi connectivity index (χ1v) is 18.1. The van der Waals surface area contributed by atoms with Crippen molar-refractivity contribution in [2.45, 2.75) is 30.7 Å². The van der Waals surface area contributed by atoms with E-state index >= 15 is 0 Å². The molecule has 1 aromatic heterocycles. The van der Waals surface area contributed by atoms with E-state index in [9.17, 15) is 14.7 Å². The first-order chi connectivity index (χ1) is 27.8. The first-order valence-electron chi connectivity index (χ1n) is 18.1. The molecule has 3 aromatic carbocycles. The van der Waals surface area contributed by atoms with Crippen LogP contribution in [0.4, 0.5) is 0 Å². The second kappa shape index (κ2) is 21.2. The van der Waals surface area contributed by atoms with Gasteiger partial charge in [-0.2, -0.15) is 0 Å². The van der Waals surface area contributed by atoms with Crippen molar-refractivity contribution in [3.63, 3.8) is 0 Å². The Labute approximate surface area is 331 Å². The molecule has 0 unspecified atom stereocenters. The molecule has 1 saturated heterocycles. The molecule has 1 N–H and O–H groups in total. The Morgan fingerprint density at radius 3 is 2.02 bits per heavy atom. The van der Waals surface area contributed by atoms with Gasteiger partial charge in [-0.3, -0.25) is 4.79 Å². The van der Waals surface area contributed by atoms with Gasteiger partial charge in [-0.1, -0.05) is 55.7 Å². The van der Waals surface area contributed by atoms with Crippen molar-refractivity contribution in [1.82, 2.24) is 0 Å². The number of ether oxygens (including phenoxy) is 8. The lowest BCUT2D eigenvalue weighted by molar-refractivity contribution is -0.295. The van der Waals surface area contributed by atoms with Crippen LogP contribution < -0.4 is 19.6 Å². The van der Waals surface area contributed by atoms with Crippen LogP contribution in [0.1, 0.15) is 5.56 Å². The summed E-state index contributed by atoms with van der Waals surface area (Å²) < 4.78 is 54.1. The van der Waals surface area contributed by atoms with Gasteiger partial charge in [0.25, 0.3) is 0 Å². The van der Waals surface area contributed by atoms with Crippen LogP contribution in [0.15, 0.2) is 145 Å². The van der Waals surface area contributed by atoms with Crippen molar-refractivity contribution in [1.29, 1.82) is 0 Å². The lowest BCUT2D eigenvalue weighted by atomic mass is 9.98. The second-order valence-corrected chi connectivity index (χ2v) is 12.5. The Hall–Kier alpha value is -6.18. The van der Waals surface area contributed by atoms with Crippen molar-refractivity contribution in [2.24, 2.45) is 0 Å². The molecule has 12 nitrogen and oxygen atoms in total. The summed E-state index contributed by atoms with van der Waals surface area (Å²) in [5.41, 5.74) is 0.977. The molecule has 1 aliphatic heterocycles. The summed E-state index contributed by atoms with van der Waals surface area (Å²) in [5.74, 6) is 0.590. The fourth-order valence-corrected chi connectivity index (χ4v) is 5.87. The highest BCUT2D eigenvalue weighted by Gasteiger charge is 2.50. The summed E-state index contributed by atoms with van der Waals surface area (Å²) in [7, 11) is 0. The fourth-order valence-electron chi connectivity index (χ4n) is 5.87. The minimum absolute atomic E-state index is 0.0246. The number of benzene rings is 3. The molecule has 0 spiro atoms. The number of phenols is 1. The van der Waals surface area contributed by atoms with E-state index in [1.54, 1.807) is 85.0 Å². The number of hydrogen-bond acceptors (Lipinski definition) is 12. The van der Waals surface area contributed by atoms with E-state index in [4.69, 9.17) is 42.3 Å². The van der Waals surface area contributed by atoms with Crippen LogP contribution >= 0.6 is 0 Å². The molecule has 5 atom stereocenters. The Morgan fingerprint density at radius 1 is 0.719 bits per heavy atom. The molecule has 1 aliphatic rings. The number of aromatic hydroxyl groups is 1. The van der Waals surface area contributed by atoms with Crippen LogP contribution in [0.3, 0.4) is 0 Å². The maximum atomic E-state index is 13.5. The van der Waals surface area contributed by atoms with Crippen LogP contribution in [0.2, 0.25) is 0 Å². The Morgan fingerprint density at radius 2 is 1.35 bits per heavy atom. The molecular weight excluding hydrogens is 732 g/mol. The lowest BCUT2D eigenvalue weighted by Gasteiger charge is -2.45. The maximum absolute atomic E-state index is 13.5. The molecule has 1 fully saturated rings. The van der Waals surface area contributed by atoms with Crippen LogP contribution in [-0.2, 0) is 28.5 Å². The molecule has 298 valence electrons. The molecule has 0 saturated carbocycles. The summed E-state index contributed by atoms with van der Waals surface area (Å²) in [6.07, 6.45) is 6.10. The lowest BCUT2D eigenvalue weighted by Crippen LogP contribution is -2.63. The van der Waals surface area contributed by atoms with Gasteiger partial charge >= 0.3 is 5.97 Å². The standard InChI is InChI=1S/C45H46O12/c1-6-21-49-29-39-42(52-24-9-4)43(53-25-10-5)44(57-40(48)20-13-30-11-16-32(17-12-30)50-22-7-2)45(56-39)54-33-18-14-31(15-19-33)37-28-36(47)41-35(46)26-34(51-23-8-3)27-38(41)55-37/h6-20,26-28,39,42-46H,1-5,21-25,29H2/b20-13+/t39-,42-,43+,44-,45-/m1/s1. The monoisotopic (exact) mass is 778 g/mol. The van der Waals surface area contributed by atoms with Crippen molar-refractivity contribution < 1.29 is 52.2 Å². The van der Waals surface area contributed by atoms with Crippen molar-refractivity contribution in [2.75, 3.05) is 39.6 Å². The van der Waals surface area contributed by atoms with E-state index in [1.165, 1.54) is 24.3 Å². The van der Waals surface area contributed by atoms with Crippen LogP contribution in [0, 0.1) is 0 Å². The summed E-state index contributed by atoms with van der Waals surface area (Å²) in [6, 6.07) is 18.0. The number of esters is 1. The largest absolute Gasteiger partial charge is 0.507 e. The van der Waals surface area contributed by atoms with Crippen LogP contribution in [-0.4, -0.2) is 81.4 Å². The average molecular weight is 779 g/mol. The van der Waals surface area contributed by atoms with E-state index in [0.717, 1.165) is 5.56 Å². The Kier molecular flexibility index (Phi) is 15.6. The fraction of sp³-hybridized carbons (Fsp3) is 0.244. The van der Waals surface area contributed by atoms with E-state index in [2.05, 4.69) is 32.9 Å². The smallest absolute Gasteiger partial charge is 0.331 e. The van der Waals surface area contributed by atoms with Gasteiger partial charge in [0.15, 0.2) is 11.5 Å². The number of carbonyl (C=O) groups is 1. The molecule has 2 heterocycles. The van der Waals surface area contributed by atoms with Crippen LogP contribution in [0.25, 0.3) is 28.4 Å². The molecule has 57 heavy (non-hydrogen) atoms. The maximum Gasteiger partial charge on any atom is 0.331 e. The molecular formula is C45H46O12. The second-order valence-electron chi connectivity index (χ2n) is 12.5. The van der Waals surface area contributed by atoms with Gasteiger partial charge in [0, 0.05) is 29.8 Å². The topological polar surface area (TPSA) is 141 Å². The molecule has 0 bridgehead atoms. The third-order valence-electron chi connectivity index (χ3n) is 8.38. The molecule has 0 radical (unpaired) electrons. The zero-order valence-electron chi connectivity index (χ0n) is 31.5. The highest BCUT2D eigenvalue weighted by Crippen LogP contribution is 2.34. The van der Waals surface area contributed by atoms with E-state index < -0.39 is 42.1 Å². The SMILES string of the molecule is C=CCOC[C@H]1O[C@@H](Oc2ccc(-c3cc(=O)c4c(O)cc(OCC=C)cc4o3)cc2)[C@H](OC(=O)/C=C/c2ccc(OCC=C)cc2)[C@@H](OCC=C)[C@@H]1OCC=C. The van der Waals surface area contributed by atoms with Gasteiger partial charge in [0.05, 0.1) is 26.4 Å². The summed E-state index contributed by atoms with van der Waals surface area (Å²) in [5, 5.41) is 10.5. The van der Waals surface area contributed by atoms with Crippen LogP contribution in [0.5, 0.6) is 23.0 Å². The van der Waals surface area contributed by atoms with Gasteiger partial charge in [-0.25, -0.2) is 4.79 Å². The van der Waals surface area contributed by atoms with Gasteiger partial charge in [0.1, 0.15) is 71.3 Å². The van der Waals surface area contributed by atoms with Gasteiger partial charge in [-0.15, -0.1) is 19.7 Å². The molecule has 0 amide bonds. The minimum atomic E-state index is -1.21. The normalized spacial score (nSPS) is 19.1. The molecule has 5 rings (SSSR count). The molecule has 4 aromatic rings. The number of rotatable bonds is 22. The molecule has 0 aliphatic carbocycles. The van der Waals surface area contributed by atoms with Gasteiger partial charge < -0.3 is 47.4 Å². The zero-order valence-corrected chi connectivity index (χ0v) is 31.5. The van der Waals surface area contributed by atoms with Crippen molar-refractivity contribution in [3.8, 4) is 34.3 Å². The summed E-state index contributed by atoms with van der Waals surface area (Å²) in [4.78, 5) is 26.5. The average Bonchev–Trinajstić information content (AvgIpc) is 3.21. The quantitative estimate of drug-likeness (QED) is 0.0369. The van der Waals surface area contributed by atoms with E-state index in [-0.39, 0.29) is 55.5 Å². The third-order valence-corrected chi connectivity index (χ3v) is 8.38. The first kappa shape index (κ1) is 42.0. The molecule has 12 heteroatoms. The van der Waals surface area contributed by atoms with Gasteiger partial charge in [-0.05, 0) is 48.0 Å². The predicted octanol–water partition coefficient (Wildman–Crippen LogP) is 7.37. The van der Waals surface area contributed by atoms with E-state index in [0.29, 0.717) is 29.4 Å². The summed E-state index contributed by atoms with van der Waals surface area (Å²) in [6.45, 7) is 19.7. The van der Waals surface area contributed by atoms with Gasteiger partial charge in [0.2, 0.25) is 6.29 Å². The predicted molar refractivity (Wildman–Crippen MR) is 217 cm³/mol. The van der Waals surface area contributed by atoms with Crippen molar-refractivity contribution in [3.05, 3.63) is 152 Å². The number of fused-ring (bicyclic) bond motifs is 1. The Bertz CT molecular complexity index is 2080. The number of phenolic OH excluding ortho intramolecular Hbond substituents is 1. The Balaban J connectivity index is 1.43. The minimum Gasteiger partial charge on any atom is -0.507 e. The third kappa shape index (κ3) is 11.4. The number of carbonyl (C=O) groups excluding carboxylic acids is 1. The highest BCUT2D eigenvalue weighted by atomic mass is 16.7. The van der Waals surface area contributed by atoms with E-state index in [1.807, 2.05) is 0 Å². The highest BCUT2D eigenvalue weighted by molar-refractivity contribution is 5.87.